The van der Waals surface area contributed by atoms with Gasteiger partial charge in [0.25, 0.3) is 15.7 Å². The molecule has 0 saturated carbocycles. The number of ether oxygens (including phenoxy) is 1. The number of nitro benzene ring substituents is 1. The molecule has 0 atom stereocenters. The fourth-order valence-electron chi connectivity index (χ4n) is 3.07. The summed E-state index contributed by atoms with van der Waals surface area (Å²) in [6.45, 7) is 4.14. The first-order chi connectivity index (χ1) is 14.0. The molecule has 1 fully saturated rings. The zero-order valence-electron chi connectivity index (χ0n) is 16.4. The van der Waals surface area contributed by atoms with Gasteiger partial charge < -0.3 is 4.74 Å². The fourth-order valence-corrected chi connectivity index (χ4v) is 6.04. The van der Waals surface area contributed by atoms with E-state index >= 15 is 0 Å². The van der Waals surface area contributed by atoms with Crippen molar-refractivity contribution in [2.24, 2.45) is 0 Å². The van der Waals surface area contributed by atoms with Crippen LogP contribution in [0, 0.1) is 24.0 Å². The summed E-state index contributed by atoms with van der Waals surface area (Å²) in [6, 6.07) is 7.73. The number of sulfonamides is 2. The molecule has 0 aliphatic carbocycles. The van der Waals surface area contributed by atoms with Crippen LogP contribution < -0.4 is 4.72 Å². The molecular weight excluding hydrogens is 434 g/mol. The predicted octanol–water partition coefficient (Wildman–Crippen LogP) is 2.03. The van der Waals surface area contributed by atoms with Crippen LogP contribution in [0.1, 0.15) is 11.1 Å². The van der Waals surface area contributed by atoms with Crippen LogP contribution in [0.4, 0.5) is 11.4 Å². The quantitative estimate of drug-likeness (QED) is 0.520. The molecule has 1 aliphatic rings. The molecule has 1 N–H and O–H groups in total. The Morgan fingerprint density at radius 3 is 2.20 bits per heavy atom. The van der Waals surface area contributed by atoms with Gasteiger partial charge in [-0.15, -0.1) is 0 Å². The molecular formula is C18H21N3O7S2. The molecule has 0 amide bonds. The Hall–Kier alpha value is -2.54. The molecule has 162 valence electrons. The van der Waals surface area contributed by atoms with E-state index in [9.17, 15) is 26.9 Å². The molecule has 12 heteroatoms. The lowest BCUT2D eigenvalue weighted by atomic mass is 10.2. The van der Waals surface area contributed by atoms with Crippen molar-refractivity contribution in [3.05, 3.63) is 57.6 Å². The molecule has 30 heavy (non-hydrogen) atoms. The van der Waals surface area contributed by atoms with Gasteiger partial charge >= 0.3 is 0 Å². The Labute approximate surface area is 174 Å². The van der Waals surface area contributed by atoms with Crippen molar-refractivity contribution < 1.29 is 26.5 Å². The minimum atomic E-state index is -4.18. The smallest absolute Gasteiger partial charge is 0.270 e. The van der Waals surface area contributed by atoms with Crippen molar-refractivity contribution in [1.82, 2.24) is 4.31 Å². The van der Waals surface area contributed by atoms with Crippen molar-refractivity contribution in [2.75, 3.05) is 31.0 Å². The average molecular weight is 456 g/mol. The van der Waals surface area contributed by atoms with Crippen LogP contribution in [-0.2, 0) is 24.8 Å². The van der Waals surface area contributed by atoms with Gasteiger partial charge in [0.1, 0.15) is 0 Å². The lowest BCUT2D eigenvalue weighted by Crippen LogP contribution is -2.40. The second-order valence-corrected chi connectivity index (χ2v) is 10.4. The maximum atomic E-state index is 13.0. The molecule has 1 heterocycles. The Balaban J connectivity index is 1.97. The third kappa shape index (κ3) is 4.46. The topological polar surface area (TPSA) is 136 Å². The van der Waals surface area contributed by atoms with Gasteiger partial charge in [-0.3, -0.25) is 14.8 Å². The third-order valence-corrected chi connectivity index (χ3v) is 8.26. The first-order valence-electron chi connectivity index (χ1n) is 8.99. The molecule has 10 nitrogen and oxygen atoms in total. The highest BCUT2D eigenvalue weighted by atomic mass is 32.2. The Bertz CT molecular complexity index is 1190. The Kier molecular flexibility index (Phi) is 6.13. The maximum absolute atomic E-state index is 13.0. The van der Waals surface area contributed by atoms with Crippen LogP contribution in [0.15, 0.2) is 46.2 Å². The van der Waals surface area contributed by atoms with E-state index in [4.69, 9.17) is 4.74 Å². The number of morpholine rings is 1. The number of non-ortho nitro benzene ring substituents is 1. The van der Waals surface area contributed by atoms with E-state index in [0.29, 0.717) is 11.1 Å². The molecule has 2 aromatic rings. The van der Waals surface area contributed by atoms with Crippen LogP contribution in [0.3, 0.4) is 0 Å². The minimum absolute atomic E-state index is 0.0136. The Morgan fingerprint density at radius 2 is 1.57 bits per heavy atom. The molecule has 3 rings (SSSR count). The number of nitro groups is 1. The van der Waals surface area contributed by atoms with Gasteiger partial charge in [-0.25, -0.2) is 16.8 Å². The lowest BCUT2D eigenvalue weighted by molar-refractivity contribution is -0.385. The molecule has 0 spiro atoms. The number of anilines is 1. The second-order valence-electron chi connectivity index (χ2n) is 6.81. The summed E-state index contributed by atoms with van der Waals surface area (Å²) in [7, 11) is -8.02. The van der Waals surface area contributed by atoms with Gasteiger partial charge in [0.2, 0.25) is 10.0 Å². The van der Waals surface area contributed by atoms with Gasteiger partial charge in [0.05, 0.1) is 33.6 Å². The van der Waals surface area contributed by atoms with Crippen molar-refractivity contribution in [2.45, 2.75) is 23.6 Å². The standard InChI is InChI=1S/C18H21N3O7S2/c1-13-4-6-16(21(22)23)12-17(13)29(24,25)19-15-5-3-14(2)18(11-15)30(26,27)20-7-9-28-10-8-20/h3-6,11-12,19H,7-10H2,1-2H3. The van der Waals surface area contributed by atoms with Crippen LogP contribution in [0.25, 0.3) is 0 Å². The third-order valence-electron chi connectivity index (χ3n) is 4.70. The summed E-state index contributed by atoms with van der Waals surface area (Å²) in [6.07, 6.45) is 0. The summed E-state index contributed by atoms with van der Waals surface area (Å²) < 4.78 is 60.5. The number of nitrogens with one attached hydrogen (secondary N) is 1. The number of benzene rings is 2. The first-order valence-corrected chi connectivity index (χ1v) is 11.9. The highest BCUT2D eigenvalue weighted by molar-refractivity contribution is 7.92. The number of hydrogen-bond acceptors (Lipinski definition) is 7. The summed E-state index contributed by atoms with van der Waals surface area (Å²) in [4.78, 5) is 10.1. The summed E-state index contributed by atoms with van der Waals surface area (Å²) >= 11 is 0. The van der Waals surface area contributed by atoms with Crippen molar-refractivity contribution in [3.8, 4) is 0 Å². The molecule has 2 aromatic carbocycles. The first kappa shape index (κ1) is 22.2. The van der Waals surface area contributed by atoms with E-state index in [1.807, 2.05) is 0 Å². The number of nitrogens with zero attached hydrogens (tertiary/aromatic N) is 2. The van der Waals surface area contributed by atoms with Crippen molar-refractivity contribution in [3.63, 3.8) is 0 Å². The van der Waals surface area contributed by atoms with Crippen molar-refractivity contribution in [1.29, 1.82) is 0 Å². The van der Waals surface area contributed by atoms with Crippen LogP contribution >= 0.6 is 0 Å². The van der Waals surface area contributed by atoms with Gasteiger partial charge in [-0.2, -0.15) is 4.31 Å². The van der Waals surface area contributed by atoms with Gasteiger partial charge in [-0.1, -0.05) is 12.1 Å². The zero-order valence-corrected chi connectivity index (χ0v) is 18.0. The zero-order chi connectivity index (χ0) is 22.1. The van der Waals surface area contributed by atoms with Gasteiger partial charge in [0.15, 0.2) is 0 Å². The number of rotatable bonds is 6. The molecule has 0 aromatic heterocycles. The number of aryl methyl sites for hydroxylation is 2. The van der Waals surface area contributed by atoms with E-state index in [0.717, 1.165) is 6.07 Å². The molecule has 1 saturated heterocycles. The van der Waals surface area contributed by atoms with Crippen molar-refractivity contribution >= 4 is 31.4 Å². The molecule has 0 bridgehead atoms. The van der Waals surface area contributed by atoms with E-state index in [1.165, 1.54) is 41.6 Å². The van der Waals surface area contributed by atoms with E-state index in [2.05, 4.69) is 4.72 Å². The summed E-state index contributed by atoms with van der Waals surface area (Å²) in [5.74, 6) is 0. The van der Waals surface area contributed by atoms with Crippen LogP contribution in [0.5, 0.6) is 0 Å². The highest BCUT2D eigenvalue weighted by Gasteiger charge is 2.28. The van der Waals surface area contributed by atoms with Gasteiger partial charge in [-0.05, 0) is 37.1 Å². The van der Waals surface area contributed by atoms with Crippen LogP contribution in [-0.4, -0.2) is 52.4 Å². The van der Waals surface area contributed by atoms with E-state index in [-0.39, 0.29) is 47.5 Å². The molecule has 0 unspecified atom stereocenters. The largest absolute Gasteiger partial charge is 0.379 e. The lowest BCUT2D eigenvalue weighted by Gasteiger charge is -2.27. The maximum Gasteiger partial charge on any atom is 0.270 e. The average Bonchev–Trinajstić information content (AvgIpc) is 2.69. The second kappa shape index (κ2) is 8.30. The normalized spacial score (nSPS) is 15.7. The Morgan fingerprint density at radius 1 is 0.967 bits per heavy atom. The van der Waals surface area contributed by atoms with Gasteiger partial charge in [0, 0.05) is 25.2 Å². The van der Waals surface area contributed by atoms with E-state index < -0.39 is 25.0 Å². The minimum Gasteiger partial charge on any atom is -0.379 e. The van der Waals surface area contributed by atoms with E-state index in [1.54, 1.807) is 6.92 Å². The molecule has 0 radical (unpaired) electrons. The summed E-state index contributed by atoms with van der Waals surface area (Å²) in [5.41, 5.74) is 0.469. The summed E-state index contributed by atoms with van der Waals surface area (Å²) in [5, 5.41) is 11.0. The predicted molar refractivity (Wildman–Crippen MR) is 109 cm³/mol. The number of hydrogen-bond donors (Lipinski definition) is 1. The van der Waals surface area contributed by atoms with Crippen LogP contribution in [0.2, 0.25) is 0 Å². The molecule has 1 aliphatic heterocycles. The fraction of sp³-hybridized carbons (Fsp3) is 0.333. The monoisotopic (exact) mass is 455 g/mol. The SMILES string of the molecule is Cc1ccc([N+](=O)[O-])cc1S(=O)(=O)Nc1ccc(C)c(S(=O)(=O)N2CCOCC2)c1. The highest BCUT2D eigenvalue weighted by Crippen LogP contribution is 2.28.